The largest absolute Gasteiger partial charge is 0.494 e. The fraction of sp³-hybridized carbons (Fsp3) is 0.333. The second kappa shape index (κ2) is 10.9. The fourth-order valence-electron chi connectivity index (χ4n) is 3.24. The molecule has 3 rings (SSSR count). The highest BCUT2D eigenvalue weighted by Gasteiger charge is 2.14. The number of amides is 1. The average molecular weight is 424 g/mol. The zero-order valence-electron chi connectivity index (χ0n) is 17.9. The summed E-state index contributed by atoms with van der Waals surface area (Å²) in [7, 11) is 0. The Kier molecular flexibility index (Phi) is 7.99. The van der Waals surface area contributed by atoms with Crippen molar-refractivity contribution in [1.29, 1.82) is 0 Å². The molecule has 0 spiro atoms. The van der Waals surface area contributed by atoms with Crippen LogP contribution in [-0.2, 0) is 11.3 Å². The number of nitrogens with zero attached hydrogens (tertiary/aromatic N) is 2. The van der Waals surface area contributed by atoms with Gasteiger partial charge in [-0.25, -0.2) is 4.98 Å². The number of carbonyl (C=O) groups excluding carboxylic acids is 1. The quantitative estimate of drug-likeness (QED) is 0.476. The smallest absolute Gasteiger partial charge is 0.238 e. The van der Waals surface area contributed by atoms with Crippen molar-refractivity contribution in [3.8, 4) is 16.3 Å². The number of aromatic nitrogens is 1. The monoisotopic (exact) mass is 423 g/mol. The van der Waals surface area contributed by atoms with E-state index in [1.54, 1.807) is 11.3 Å². The molecule has 0 saturated carbocycles. The van der Waals surface area contributed by atoms with Gasteiger partial charge in [-0.15, -0.1) is 11.3 Å². The highest BCUT2D eigenvalue weighted by molar-refractivity contribution is 7.13. The van der Waals surface area contributed by atoms with E-state index in [9.17, 15) is 4.79 Å². The number of aryl methyl sites for hydroxylation is 1. The minimum Gasteiger partial charge on any atom is -0.494 e. The molecule has 3 aromatic rings. The summed E-state index contributed by atoms with van der Waals surface area (Å²) in [4.78, 5) is 19.5. The third kappa shape index (κ3) is 6.15. The van der Waals surface area contributed by atoms with E-state index in [0.29, 0.717) is 19.7 Å². The molecule has 6 heteroatoms. The molecule has 0 aliphatic rings. The van der Waals surface area contributed by atoms with Gasteiger partial charge in [0.05, 0.1) is 18.8 Å². The Morgan fingerprint density at radius 3 is 2.60 bits per heavy atom. The molecule has 1 heterocycles. The van der Waals surface area contributed by atoms with Gasteiger partial charge in [-0.3, -0.25) is 9.69 Å². The van der Waals surface area contributed by atoms with Crippen molar-refractivity contribution in [3.05, 3.63) is 65.2 Å². The molecule has 0 unspecified atom stereocenters. The lowest BCUT2D eigenvalue weighted by atomic mass is 10.2. The van der Waals surface area contributed by atoms with E-state index in [1.807, 2.05) is 62.4 Å². The molecule has 2 aromatic carbocycles. The van der Waals surface area contributed by atoms with Crippen molar-refractivity contribution in [2.24, 2.45) is 0 Å². The first-order valence-electron chi connectivity index (χ1n) is 10.3. The minimum atomic E-state index is -0.000263. The summed E-state index contributed by atoms with van der Waals surface area (Å²) >= 11 is 1.63. The molecule has 30 heavy (non-hydrogen) atoms. The fourth-order valence-corrected chi connectivity index (χ4v) is 4.05. The number of para-hydroxylation sites is 1. The Morgan fingerprint density at radius 2 is 1.90 bits per heavy atom. The molecule has 0 saturated heterocycles. The van der Waals surface area contributed by atoms with Crippen LogP contribution in [-0.4, -0.2) is 35.5 Å². The van der Waals surface area contributed by atoms with Gasteiger partial charge in [0.1, 0.15) is 10.8 Å². The van der Waals surface area contributed by atoms with Gasteiger partial charge < -0.3 is 10.1 Å². The molecular weight excluding hydrogens is 394 g/mol. The van der Waals surface area contributed by atoms with Crippen LogP contribution >= 0.6 is 11.3 Å². The highest BCUT2D eigenvalue weighted by atomic mass is 32.1. The van der Waals surface area contributed by atoms with E-state index in [2.05, 4.69) is 22.5 Å². The SMILES string of the molecule is CCCN(CC(=O)Nc1ccccc1C)Cc1csc(-c2ccc(OCC)cc2)n1. The Bertz CT molecular complexity index is 953. The maximum absolute atomic E-state index is 12.6. The molecule has 0 atom stereocenters. The standard InChI is InChI=1S/C24H29N3O2S/c1-4-14-27(16-23(28)26-22-9-7-6-8-18(22)3)15-20-17-30-24(25-20)19-10-12-21(13-11-19)29-5-2/h6-13,17H,4-5,14-16H2,1-3H3,(H,26,28). The van der Waals surface area contributed by atoms with Gasteiger partial charge in [0, 0.05) is 23.2 Å². The summed E-state index contributed by atoms with van der Waals surface area (Å²) < 4.78 is 5.51. The van der Waals surface area contributed by atoms with Crippen molar-refractivity contribution in [2.75, 3.05) is 25.0 Å². The summed E-state index contributed by atoms with van der Waals surface area (Å²) in [6.07, 6.45) is 0.980. The predicted molar refractivity (Wildman–Crippen MR) is 124 cm³/mol. The van der Waals surface area contributed by atoms with Gasteiger partial charge in [-0.1, -0.05) is 25.1 Å². The first kappa shape index (κ1) is 22.0. The Morgan fingerprint density at radius 1 is 1.13 bits per heavy atom. The van der Waals surface area contributed by atoms with Crippen LogP contribution in [0.25, 0.3) is 10.6 Å². The van der Waals surface area contributed by atoms with Gasteiger partial charge in [0.25, 0.3) is 0 Å². The van der Waals surface area contributed by atoms with Gasteiger partial charge in [-0.2, -0.15) is 0 Å². The Balaban J connectivity index is 1.62. The first-order valence-corrected chi connectivity index (χ1v) is 11.2. The summed E-state index contributed by atoms with van der Waals surface area (Å²) in [6, 6.07) is 15.8. The number of anilines is 1. The van der Waals surface area contributed by atoms with Crippen LogP contribution in [0.5, 0.6) is 5.75 Å². The van der Waals surface area contributed by atoms with Crippen molar-refractivity contribution >= 4 is 22.9 Å². The van der Waals surface area contributed by atoms with Gasteiger partial charge in [0.15, 0.2) is 0 Å². The van der Waals surface area contributed by atoms with Crippen LogP contribution in [0.1, 0.15) is 31.5 Å². The predicted octanol–water partition coefficient (Wildman–Crippen LogP) is 5.37. The average Bonchev–Trinajstić information content (AvgIpc) is 3.19. The van der Waals surface area contributed by atoms with E-state index < -0.39 is 0 Å². The number of rotatable bonds is 10. The molecule has 0 aliphatic carbocycles. The Hall–Kier alpha value is -2.70. The molecule has 1 aromatic heterocycles. The highest BCUT2D eigenvalue weighted by Crippen LogP contribution is 2.26. The lowest BCUT2D eigenvalue weighted by Crippen LogP contribution is -2.33. The van der Waals surface area contributed by atoms with E-state index in [-0.39, 0.29) is 5.91 Å². The molecule has 0 radical (unpaired) electrons. The summed E-state index contributed by atoms with van der Waals surface area (Å²) in [5.74, 6) is 0.867. The molecule has 0 bridgehead atoms. The first-order chi connectivity index (χ1) is 14.6. The van der Waals surface area contributed by atoms with Crippen LogP contribution in [0.3, 0.4) is 0 Å². The number of nitrogens with one attached hydrogen (secondary N) is 1. The van der Waals surface area contributed by atoms with Crippen LogP contribution < -0.4 is 10.1 Å². The van der Waals surface area contributed by atoms with Crippen LogP contribution in [0, 0.1) is 6.92 Å². The van der Waals surface area contributed by atoms with Gasteiger partial charge in [-0.05, 0) is 62.7 Å². The minimum absolute atomic E-state index is 0.000263. The van der Waals surface area contributed by atoms with E-state index in [1.165, 1.54) is 0 Å². The zero-order valence-corrected chi connectivity index (χ0v) is 18.7. The molecule has 0 fully saturated rings. The normalized spacial score (nSPS) is 10.9. The number of carbonyl (C=O) groups is 1. The zero-order chi connectivity index (χ0) is 21.3. The number of hydrogen-bond donors (Lipinski definition) is 1. The number of hydrogen-bond acceptors (Lipinski definition) is 5. The van der Waals surface area contributed by atoms with E-state index in [4.69, 9.17) is 9.72 Å². The summed E-state index contributed by atoms with van der Waals surface area (Å²) in [5, 5.41) is 6.08. The maximum Gasteiger partial charge on any atom is 0.238 e. The van der Waals surface area contributed by atoms with E-state index >= 15 is 0 Å². The van der Waals surface area contributed by atoms with E-state index in [0.717, 1.165) is 46.2 Å². The topological polar surface area (TPSA) is 54.5 Å². The van der Waals surface area contributed by atoms with Crippen LogP contribution in [0.4, 0.5) is 5.69 Å². The molecule has 1 amide bonds. The van der Waals surface area contributed by atoms with Crippen LogP contribution in [0.15, 0.2) is 53.9 Å². The number of benzene rings is 2. The lowest BCUT2D eigenvalue weighted by molar-refractivity contribution is -0.117. The molecule has 1 N–H and O–H groups in total. The molecule has 0 aliphatic heterocycles. The third-order valence-electron chi connectivity index (χ3n) is 4.68. The summed E-state index contributed by atoms with van der Waals surface area (Å²) in [5.41, 5.74) is 3.99. The number of ether oxygens (including phenoxy) is 1. The summed E-state index contributed by atoms with van der Waals surface area (Å²) in [6.45, 7) is 8.60. The number of thiazole rings is 1. The molecular formula is C24H29N3O2S. The second-order valence-electron chi connectivity index (χ2n) is 7.18. The lowest BCUT2D eigenvalue weighted by Gasteiger charge is -2.20. The van der Waals surface area contributed by atoms with Crippen LogP contribution in [0.2, 0.25) is 0 Å². The second-order valence-corrected chi connectivity index (χ2v) is 8.03. The van der Waals surface area contributed by atoms with Gasteiger partial charge in [0.2, 0.25) is 5.91 Å². The molecule has 158 valence electrons. The van der Waals surface area contributed by atoms with Crippen molar-refractivity contribution in [1.82, 2.24) is 9.88 Å². The third-order valence-corrected chi connectivity index (χ3v) is 5.62. The van der Waals surface area contributed by atoms with Crippen molar-refractivity contribution in [3.63, 3.8) is 0 Å². The Labute approximate surface area is 182 Å². The van der Waals surface area contributed by atoms with Crippen molar-refractivity contribution < 1.29 is 9.53 Å². The molecule has 5 nitrogen and oxygen atoms in total. The van der Waals surface area contributed by atoms with Gasteiger partial charge >= 0.3 is 0 Å². The van der Waals surface area contributed by atoms with Crippen molar-refractivity contribution in [2.45, 2.75) is 33.7 Å². The maximum atomic E-state index is 12.6.